The lowest BCUT2D eigenvalue weighted by atomic mass is 9.73. The lowest BCUT2D eigenvalue weighted by Gasteiger charge is -2.45. The summed E-state index contributed by atoms with van der Waals surface area (Å²) in [5.41, 5.74) is 6.84. The Bertz CT molecular complexity index is 372. The Morgan fingerprint density at radius 3 is 2.59 bits per heavy atom. The summed E-state index contributed by atoms with van der Waals surface area (Å²) in [5, 5.41) is 0. The zero-order chi connectivity index (χ0) is 12.3. The second-order valence-electron chi connectivity index (χ2n) is 5.15. The van der Waals surface area contributed by atoms with Crippen LogP contribution in [0.25, 0.3) is 0 Å². The number of para-hydroxylation sites is 2. The quantitative estimate of drug-likeness (QED) is 0.798. The largest absolute Gasteiger partial charge is 0.491 e. The van der Waals surface area contributed by atoms with Crippen LogP contribution >= 0.6 is 0 Å². The molecule has 1 heterocycles. The first kappa shape index (κ1) is 12.2. The van der Waals surface area contributed by atoms with E-state index in [-0.39, 0.29) is 0 Å². The van der Waals surface area contributed by atoms with Gasteiger partial charge < -0.3 is 15.2 Å². The number of hydrogen-bond acceptors (Lipinski definition) is 3. The number of benzene rings is 1. The highest BCUT2D eigenvalue weighted by molar-refractivity contribution is 5.51. The molecule has 0 unspecified atom stereocenters. The van der Waals surface area contributed by atoms with E-state index in [4.69, 9.17) is 15.2 Å². The summed E-state index contributed by atoms with van der Waals surface area (Å²) in [6.45, 7) is 6.92. The molecule has 1 fully saturated rings. The lowest BCUT2D eigenvalue weighted by molar-refractivity contribution is -0.146. The van der Waals surface area contributed by atoms with Gasteiger partial charge in [-0.15, -0.1) is 0 Å². The Morgan fingerprint density at radius 1 is 1.35 bits per heavy atom. The van der Waals surface area contributed by atoms with E-state index in [9.17, 15) is 0 Å². The zero-order valence-electron chi connectivity index (χ0n) is 10.6. The van der Waals surface area contributed by atoms with Crippen molar-refractivity contribution in [1.29, 1.82) is 0 Å². The van der Waals surface area contributed by atoms with Crippen LogP contribution in [0.5, 0.6) is 5.75 Å². The maximum atomic E-state index is 5.83. The third-order valence-electron chi connectivity index (χ3n) is 3.78. The van der Waals surface area contributed by atoms with Gasteiger partial charge >= 0.3 is 0 Å². The maximum absolute atomic E-state index is 5.83. The third-order valence-corrected chi connectivity index (χ3v) is 3.78. The predicted molar refractivity (Wildman–Crippen MR) is 69.1 cm³/mol. The summed E-state index contributed by atoms with van der Waals surface area (Å²) in [4.78, 5) is 0. The van der Waals surface area contributed by atoms with E-state index in [1.807, 2.05) is 24.3 Å². The molecule has 0 aliphatic carbocycles. The van der Waals surface area contributed by atoms with Gasteiger partial charge in [-0.05, 0) is 24.5 Å². The molecule has 2 rings (SSSR count). The molecule has 2 N–H and O–H groups in total. The molecular weight excluding hydrogens is 214 g/mol. The highest BCUT2D eigenvalue weighted by Crippen LogP contribution is 2.39. The van der Waals surface area contributed by atoms with Crippen molar-refractivity contribution >= 4 is 5.69 Å². The van der Waals surface area contributed by atoms with E-state index in [0.717, 1.165) is 25.4 Å². The van der Waals surface area contributed by atoms with Crippen LogP contribution in [-0.4, -0.2) is 19.8 Å². The SMILES string of the molecule is CC(C)C1(CCOc2ccccc2N)COC1. The molecule has 17 heavy (non-hydrogen) atoms. The van der Waals surface area contributed by atoms with Crippen molar-refractivity contribution in [3.8, 4) is 5.75 Å². The number of anilines is 1. The number of ether oxygens (including phenoxy) is 2. The van der Waals surface area contributed by atoms with Crippen LogP contribution < -0.4 is 10.5 Å². The molecule has 3 heteroatoms. The molecular formula is C14H21NO2. The van der Waals surface area contributed by atoms with Crippen molar-refractivity contribution < 1.29 is 9.47 Å². The Morgan fingerprint density at radius 2 is 2.06 bits per heavy atom. The average Bonchev–Trinajstić information content (AvgIpc) is 2.23. The maximum Gasteiger partial charge on any atom is 0.142 e. The molecule has 0 atom stereocenters. The van der Waals surface area contributed by atoms with Gasteiger partial charge in [-0.25, -0.2) is 0 Å². The normalized spacial score (nSPS) is 17.8. The molecule has 1 saturated heterocycles. The van der Waals surface area contributed by atoms with Gasteiger partial charge in [0.1, 0.15) is 5.75 Å². The first-order chi connectivity index (χ1) is 8.14. The van der Waals surface area contributed by atoms with Crippen molar-refractivity contribution in [1.82, 2.24) is 0 Å². The van der Waals surface area contributed by atoms with E-state index in [1.54, 1.807) is 0 Å². The standard InChI is InChI=1S/C14H21NO2/c1-11(2)14(9-16-10-14)7-8-17-13-6-4-3-5-12(13)15/h3-6,11H,7-10,15H2,1-2H3. The molecule has 0 radical (unpaired) electrons. The fourth-order valence-corrected chi connectivity index (χ4v) is 2.11. The molecule has 1 aliphatic heterocycles. The van der Waals surface area contributed by atoms with Crippen molar-refractivity contribution in [2.75, 3.05) is 25.6 Å². The second-order valence-corrected chi connectivity index (χ2v) is 5.15. The van der Waals surface area contributed by atoms with Gasteiger partial charge in [0.2, 0.25) is 0 Å². The van der Waals surface area contributed by atoms with Crippen LogP contribution in [0.4, 0.5) is 5.69 Å². The fraction of sp³-hybridized carbons (Fsp3) is 0.571. The highest BCUT2D eigenvalue weighted by Gasteiger charge is 2.41. The Hall–Kier alpha value is -1.22. The third kappa shape index (κ3) is 2.55. The zero-order valence-corrected chi connectivity index (χ0v) is 10.6. The molecule has 0 saturated carbocycles. The van der Waals surface area contributed by atoms with E-state index in [2.05, 4.69) is 13.8 Å². The molecule has 0 aromatic heterocycles. The molecule has 1 aromatic carbocycles. The van der Waals surface area contributed by atoms with Crippen LogP contribution in [0, 0.1) is 11.3 Å². The van der Waals surface area contributed by atoms with Gasteiger partial charge in [0.25, 0.3) is 0 Å². The summed E-state index contributed by atoms with van der Waals surface area (Å²) < 4.78 is 11.1. The number of rotatable bonds is 5. The van der Waals surface area contributed by atoms with Crippen molar-refractivity contribution in [2.45, 2.75) is 20.3 Å². The molecule has 1 aliphatic rings. The van der Waals surface area contributed by atoms with Crippen molar-refractivity contribution in [3.63, 3.8) is 0 Å². The van der Waals surface area contributed by atoms with Gasteiger partial charge in [0.05, 0.1) is 25.5 Å². The van der Waals surface area contributed by atoms with E-state index >= 15 is 0 Å². The van der Waals surface area contributed by atoms with Gasteiger partial charge in [-0.2, -0.15) is 0 Å². The first-order valence-electron chi connectivity index (χ1n) is 6.19. The van der Waals surface area contributed by atoms with Gasteiger partial charge in [0.15, 0.2) is 0 Å². The average molecular weight is 235 g/mol. The summed E-state index contributed by atoms with van der Waals surface area (Å²) in [5.74, 6) is 1.42. The van der Waals surface area contributed by atoms with Gasteiger partial charge in [0, 0.05) is 5.41 Å². The van der Waals surface area contributed by atoms with Gasteiger partial charge in [-0.1, -0.05) is 26.0 Å². The molecule has 3 nitrogen and oxygen atoms in total. The van der Waals surface area contributed by atoms with E-state index < -0.39 is 0 Å². The second kappa shape index (κ2) is 4.96. The fourth-order valence-electron chi connectivity index (χ4n) is 2.11. The van der Waals surface area contributed by atoms with Crippen LogP contribution in [0.15, 0.2) is 24.3 Å². The first-order valence-corrected chi connectivity index (χ1v) is 6.19. The Balaban J connectivity index is 1.85. The number of hydrogen-bond donors (Lipinski definition) is 1. The topological polar surface area (TPSA) is 44.5 Å². The van der Waals surface area contributed by atoms with Crippen LogP contribution in [0.2, 0.25) is 0 Å². The Kier molecular flexibility index (Phi) is 3.57. The lowest BCUT2D eigenvalue weighted by Crippen LogP contribution is -2.47. The number of nitrogens with two attached hydrogens (primary N) is 1. The summed E-state index contributed by atoms with van der Waals surface area (Å²) in [6.07, 6.45) is 1.03. The monoisotopic (exact) mass is 235 g/mol. The minimum atomic E-state index is 0.309. The van der Waals surface area contributed by atoms with E-state index in [0.29, 0.717) is 23.6 Å². The highest BCUT2D eigenvalue weighted by atomic mass is 16.5. The van der Waals surface area contributed by atoms with Crippen LogP contribution in [0.3, 0.4) is 0 Å². The molecule has 0 spiro atoms. The van der Waals surface area contributed by atoms with Crippen molar-refractivity contribution in [2.24, 2.45) is 11.3 Å². The van der Waals surface area contributed by atoms with Crippen molar-refractivity contribution in [3.05, 3.63) is 24.3 Å². The Labute approximate surface area is 103 Å². The van der Waals surface area contributed by atoms with Crippen LogP contribution in [0.1, 0.15) is 20.3 Å². The summed E-state index contributed by atoms with van der Waals surface area (Å²) in [7, 11) is 0. The smallest absolute Gasteiger partial charge is 0.142 e. The van der Waals surface area contributed by atoms with Gasteiger partial charge in [-0.3, -0.25) is 0 Å². The molecule has 0 bridgehead atoms. The minimum Gasteiger partial charge on any atom is -0.491 e. The molecule has 94 valence electrons. The number of nitrogen functional groups attached to an aromatic ring is 1. The summed E-state index contributed by atoms with van der Waals surface area (Å²) in [6, 6.07) is 7.63. The van der Waals surface area contributed by atoms with Crippen LogP contribution in [-0.2, 0) is 4.74 Å². The predicted octanol–water partition coefficient (Wildman–Crippen LogP) is 2.71. The molecule has 0 amide bonds. The molecule has 1 aromatic rings. The minimum absolute atomic E-state index is 0.309. The van der Waals surface area contributed by atoms with E-state index in [1.165, 1.54) is 0 Å². The summed E-state index contributed by atoms with van der Waals surface area (Å²) >= 11 is 0.